The van der Waals surface area contributed by atoms with Gasteiger partial charge in [0.15, 0.2) is 5.78 Å². The van der Waals surface area contributed by atoms with E-state index in [1.54, 1.807) is 12.4 Å². The van der Waals surface area contributed by atoms with Crippen molar-refractivity contribution in [3.8, 4) is 0 Å². The third-order valence-electron chi connectivity index (χ3n) is 2.29. The van der Waals surface area contributed by atoms with E-state index in [9.17, 15) is 4.79 Å². The van der Waals surface area contributed by atoms with Gasteiger partial charge in [0.25, 0.3) is 0 Å². The first kappa shape index (κ1) is 11.0. The number of halogens is 1. The summed E-state index contributed by atoms with van der Waals surface area (Å²) in [5, 5.41) is 0. The molecular formula is C13H10BrNO. The number of alkyl halides is 1. The van der Waals surface area contributed by atoms with Gasteiger partial charge in [-0.05, 0) is 17.7 Å². The maximum Gasteiger partial charge on any atom is 0.180 e. The molecule has 0 amide bonds. The lowest BCUT2D eigenvalue weighted by Gasteiger charge is -2.08. The van der Waals surface area contributed by atoms with Crippen molar-refractivity contribution in [2.24, 2.45) is 0 Å². The molecule has 0 radical (unpaired) electrons. The molecule has 80 valence electrons. The van der Waals surface area contributed by atoms with Crippen LogP contribution in [0.2, 0.25) is 0 Å². The number of nitrogens with zero attached hydrogens (tertiary/aromatic N) is 1. The summed E-state index contributed by atoms with van der Waals surface area (Å²) in [5.74, 6) is 0.0619. The first-order chi connectivity index (χ1) is 7.79. The van der Waals surface area contributed by atoms with E-state index in [-0.39, 0.29) is 10.6 Å². The predicted octanol–water partition coefficient (Wildman–Crippen LogP) is 3.40. The second-order valence-electron chi connectivity index (χ2n) is 3.37. The number of rotatable bonds is 3. The molecule has 1 atom stereocenters. The van der Waals surface area contributed by atoms with E-state index >= 15 is 0 Å². The van der Waals surface area contributed by atoms with Crippen molar-refractivity contribution in [1.29, 1.82) is 0 Å². The molecule has 1 aromatic carbocycles. The molecule has 16 heavy (non-hydrogen) atoms. The molecule has 1 heterocycles. The van der Waals surface area contributed by atoms with E-state index < -0.39 is 0 Å². The van der Waals surface area contributed by atoms with Gasteiger partial charge in [0, 0.05) is 18.0 Å². The minimum Gasteiger partial charge on any atom is -0.293 e. The van der Waals surface area contributed by atoms with Gasteiger partial charge >= 0.3 is 0 Å². The fraction of sp³-hybridized carbons (Fsp3) is 0.0769. The third-order valence-corrected chi connectivity index (χ3v) is 3.23. The van der Waals surface area contributed by atoms with E-state index in [0.29, 0.717) is 5.56 Å². The summed E-state index contributed by atoms with van der Waals surface area (Å²) in [5.41, 5.74) is 1.63. The third kappa shape index (κ3) is 2.36. The normalized spacial score (nSPS) is 12.1. The molecule has 0 aliphatic rings. The number of hydrogen-bond acceptors (Lipinski definition) is 2. The zero-order valence-corrected chi connectivity index (χ0v) is 10.1. The molecule has 0 saturated heterocycles. The second kappa shape index (κ2) is 5.03. The molecule has 0 bridgehead atoms. The Morgan fingerprint density at radius 1 is 1.06 bits per heavy atom. The number of pyridine rings is 1. The molecule has 2 aromatic rings. The van der Waals surface area contributed by atoms with E-state index in [1.807, 2.05) is 42.5 Å². The van der Waals surface area contributed by atoms with Crippen LogP contribution in [0, 0.1) is 0 Å². The quantitative estimate of drug-likeness (QED) is 0.635. The molecule has 1 aromatic heterocycles. The summed E-state index contributed by atoms with van der Waals surface area (Å²) in [7, 11) is 0. The van der Waals surface area contributed by atoms with Crippen LogP contribution in [0.5, 0.6) is 0 Å². The Hall–Kier alpha value is -1.48. The van der Waals surface area contributed by atoms with Gasteiger partial charge in [-0.2, -0.15) is 0 Å². The Balaban J connectivity index is 2.24. The van der Waals surface area contributed by atoms with Crippen LogP contribution in [0.3, 0.4) is 0 Å². The smallest absolute Gasteiger partial charge is 0.180 e. The van der Waals surface area contributed by atoms with Gasteiger partial charge in [-0.25, -0.2) is 0 Å². The molecule has 2 rings (SSSR count). The van der Waals surface area contributed by atoms with Crippen molar-refractivity contribution in [3.63, 3.8) is 0 Å². The van der Waals surface area contributed by atoms with Crippen LogP contribution < -0.4 is 0 Å². The van der Waals surface area contributed by atoms with Gasteiger partial charge in [0.05, 0.1) is 0 Å². The van der Waals surface area contributed by atoms with Crippen LogP contribution >= 0.6 is 15.9 Å². The minimum absolute atomic E-state index is 0.0619. The highest BCUT2D eigenvalue weighted by Gasteiger charge is 2.18. The van der Waals surface area contributed by atoms with Crippen molar-refractivity contribution < 1.29 is 4.79 Å². The maximum absolute atomic E-state index is 12.1. The van der Waals surface area contributed by atoms with Gasteiger partial charge in [0.1, 0.15) is 4.83 Å². The molecule has 0 aliphatic carbocycles. The van der Waals surface area contributed by atoms with Crippen molar-refractivity contribution >= 4 is 21.7 Å². The Bertz CT molecular complexity index is 470. The summed E-state index contributed by atoms with van der Waals surface area (Å²) in [6, 6.07) is 12.9. The molecule has 0 spiro atoms. The number of Topliss-reactive ketones (excluding diaryl/α,β-unsaturated/α-hetero) is 1. The zero-order chi connectivity index (χ0) is 11.4. The van der Waals surface area contributed by atoms with E-state index in [0.717, 1.165) is 5.56 Å². The van der Waals surface area contributed by atoms with Crippen molar-refractivity contribution in [2.75, 3.05) is 0 Å². The van der Waals surface area contributed by atoms with Gasteiger partial charge in [-0.3, -0.25) is 9.78 Å². The lowest BCUT2D eigenvalue weighted by Crippen LogP contribution is -2.06. The standard InChI is InChI=1S/C13H10BrNO/c14-12(10-6-8-15-9-7-10)13(16)11-4-2-1-3-5-11/h1-9,12H. The van der Waals surface area contributed by atoms with Gasteiger partial charge < -0.3 is 0 Å². The summed E-state index contributed by atoms with van der Waals surface area (Å²) in [6.07, 6.45) is 3.36. The largest absolute Gasteiger partial charge is 0.293 e. The van der Waals surface area contributed by atoms with Crippen LogP contribution in [0.4, 0.5) is 0 Å². The number of carbonyl (C=O) groups excluding carboxylic acids is 1. The van der Waals surface area contributed by atoms with Gasteiger partial charge in [-0.1, -0.05) is 46.3 Å². The lowest BCUT2D eigenvalue weighted by atomic mass is 10.0. The Kier molecular flexibility index (Phi) is 3.47. The Labute approximate surface area is 102 Å². The maximum atomic E-state index is 12.1. The first-order valence-electron chi connectivity index (χ1n) is 4.92. The van der Waals surface area contributed by atoms with E-state index in [4.69, 9.17) is 0 Å². The Morgan fingerprint density at radius 3 is 2.31 bits per heavy atom. The second-order valence-corrected chi connectivity index (χ2v) is 4.29. The van der Waals surface area contributed by atoms with Crippen LogP contribution in [0.1, 0.15) is 20.7 Å². The monoisotopic (exact) mass is 275 g/mol. The predicted molar refractivity (Wildman–Crippen MR) is 66.7 cm³/mol. The highest BCUT2D eigenvalue weighted by molar-refractivity contribution is 9.09. The molecule has 0 saturated carbocycles. The molecule has 0 N–H and O–H groups in total. The van der Waals surface area contributed by atoms with Crippen molar-refractivity contribution in [1.82, 2.24) is 4.98 Å². The average Bonchev–Trinajstić information content (AvgIpc) is 2.39. The van der Waals surface area contributed by atoms with Crippen molar-refractivity contribution in [3.05, 3.63) is 66.0 Å². The molecule has 3 heteroatoms. The van der Waals surface area contributed by atoms with Gasteiger partial charge in [0.2, 0.25) is 0 Å². The average molecular weight is 276 g/mol. The first-order valence-corrected chi connectivity index (χ1v) is 5.84. The zero-order valence-electron chi connectivity index (χ0n) is 8.51. The fourth-order valence-corrected chi connectivity index (χ4v) is 2.00. The molecule has 0 aliphatic heterocycles. The number of benzene rings is 1. The van der Waals surface area contributed by atoms with E-state index in [1.165, 1.54) is 0 Å². The number of aromatic nitrogens is 1. The topological polar surface area (TPSA) is 30.0 Å². The fourth-order valence-electron chi connectivity index (χ4n) is 1.43. The minimum atomic E-state index is -0.308. The molecule has 2 nitrogen and oxygen atoms in total. The summed E-state index contributed by atoms with van der Waals surface area (Å²) >= 11 is 3.41. The number of carbonyl (C=O) groups is 1. The molecular weight excluding hydrogens is 266 g/mol. The summed E-state index contributed by atoms with van der Waals surface area (Å²) < 4.78 is 0. The SMILES string of the molecule is O=C(c1ccccc1)C(Br)c1ccncc1. The van der Waals surface area contributed by atoms with Crippen LogP contribution in [0.15, 0.2) is 54.9 Å². The summed E-state index contributed by atoms with van der Waals surface area (Å²) in [6.45, 7) is 0. The summed E-state index contributed by atoms with van der Waals surface area (Å²) in [4.78, 5) is 15.7. The highest BCUT2D eigenvalue weighted by atomic mass is 79.9. The lowest BCUT2D eigenvalue weighted by molar-refractivity contribution is 0.0991. The van der Waals surface area contributed by atoms with Crippen LogP contribution in [0.25, 0.3) is 0 Å². The van der Waals surface area contributed by atoms with Crippen LogP contribution in [-0.4, -0.2) is 10.8 Å². The molecule has 1 unspecified atom stereocenters. The van der Waals surface area contributed by atoms with E-state index in [2.05, 4.69) is 20.9 Å². The van der Waals surface area contributed by atoms with Crippen LogP contribution in [-0.2, 0) is 0 Å². The Morgan fingerprint density at radius 2 is 1.69 bits per heavy atom. The van der Waals surface area contributed by atoms with Crippen molar-refractivity contribution in [2.45, 2.75) is 4.83 Å². The molecule has 0 fully saturated rings. The highest BCUT2D eigenvalue weighted by Crippen LogP contribution is 2.26. The number of hydrogen-bond donors (Lipinski definition) is 0. The number of ketones is 1. The van der Waals surface area contributed by atoms with Gasteiger partial charge in [-0.15, -0.1) is 0 Å².